The van der Waals surface area contributed by atoms with Gasteiger partial charge in [0, 0.05) is 12.8 Å². The lowest BCUT2D eigenvalue weighted by atomic mass is 9.86. The number of amides is 2. The second-order valence-electron chi connectivity index (χ2n) is 9.10. The Bertz CT molecular complexity index is 977. The van der Waals surface area contributed by atoms with Crippen molar-refractivity contribution in [2.45, 2.75) is 57.7 Å². The zero-order valence-electron chi connectivity index (χ0n) is 19.2. The van der Waals surface area contributed by atoms with Crippen LogP contribution in [0.25, 0.3) is 11.1 Å². The highest BCUT2D eigenvalue weighted by Gasteiger charge is 2.44. The summed E-state index contributed by atoms with van der Waals surface area (Å²) in [5.74, 6) is -1.04. The summed E-state index contributed by atoms with van der Waals surface area (Å²) >= 11 is 0. The van der Waals surface area contributed by atoms with Crippen LogP contribution in [-0.2, 0) is 31.9 Å². The molecule has 3 rings (SSSR count). The molecule has 0 radical (unpaired) electrons. The monoisotopic (exact) mass is 438 g/mol. The van der Waals surface area contributed by atoms with Crippen LogP contribution in [0.5, 0.6) is 0 Å². The largest absolute Gasteiger partial charge is 0.467 e. The van der Waals surface area contributed by atoms with Crippen LogP contribution < -0.4 is 10.6 Å². The number of esters is 1. The number of hydrogen-bond acceptors (Lipinski definition) is 5. The van der Waals surface area contributed by atoms with Gasteiger partial charge in [0.2, 0.25) is 5.91 Å². The minimum Gasteiger partial charge on any atom is -0.467 e. The smallest absolute Gasteiger partial charge is 0.408 e. The van der Waals surface area contributed by atoms with E-state index in [4.69, 9.17) is 9.47 Å². The number of hydrogen-bond donors (Lipinski definition) is 2. The molecule has 0 fully saturated rings. The molecule has 0 bridgehead atoms. The molecule has 0 saturated heterocycles. The van der Waals surface area contributed by atoms with Crippen molar-refractivity contribution < 1.29 is 23.9 Å². The third-order valence-corrected chi connectivity index (χ3v) is 5.37. The Morgan fingerprint density at radius 2 is 1.44 bits per heavy atom. The van der Waals surface area contributed by atoms with Crippen LogP contribution in [0.1, 0.15) is 38.8 Å². The Morgan fingerprint density at radius 3 is 1.91 bits per heavy atom. The van der Waals surface area contributed by atoms with E-state index < -0.39 is 35.2 Å². The number of benzene rings is 2. The molecule has 2 N–H and O–H groups in total. The second kappa shape index (κ2) is 9.02. The Kier molecular flexibility index (Phi) is 6.57. The van der Waals surface area contributed by atoms with Crippen molar-refractivity contribution >= 4 is 18.0 Å². The zero-order chi connectivity index (χ0) is 23.5. The van der Waals surface area contributed by atoms with E-state index in [0.717, 1.165) is 22.3 Å². The highest BCUT2D eigenvalue weighted by atomic mass is 16.6. The van der Waals surface area contributed by atoms with Gasteiger partial charge in [0.05, 0.1) is 7.11 Å². The van der Waals surface area contributed by atoms with Gasteiger partial charge in [0.25, 0.3) is 0 Å². The molecule has 1 aliphatic rings. The van der Waals surface area contributed by atoms with E-state index in [-0.39, 0.29) is 12.8 Å². The predicted molar refractivity (Wildman–Crippen MR) is 121 cm³/mol. The molecule has 7 nitrogen and oxygen atoms in total. The molecule has 0 spiro atoms. The minimum absolute atomic E-state index is 0.259. The maximum Gasteiger partial charge on any atom is 0.408 e. The molecule has 0 heterocycles. The summed E-state index contributed by atoms with van der Waals surface area (Å²) < 4.78 is 10.4. The van der Waals surface area contributed by atoms with Gasteiger partial charge in [0.15, 0.2) is 0 Å². The first-order valence-electron chi connectivity index (χ1n) is 10.6. The van der Waals surface area contributed by atoms with Crippen LogP contribution in [0.2, 0.25) is 0 Å². The zero-order valence-corrected chi connectivity index (χ0v) is 19.2. The van der Waals surface area contributed by atoms with E-state index in [1.54, 1.807) is 27.7 Å². The summed E-state index contributed by atoms with van der Waals surface area (Å²) in [5, 5.41) is 5.42. The Balaban J connectivity index is 1.93. The number of ether oxygens (including phenoxy) is 2. The number of methoxy groups -OCH3 is 1. The van der Waals surface area contributed by atoms with Crippen LogP contribution in [0.4, 0.5) is 4.79 Å². The van der Waals surface area contributed by atoms with Gasteiger partial charge in [-0.05, 0) is 49.9 Å². The molecular formula is C25H30N2O5. The van der Waals surface area contributed by atoms with Crippen LogP contribution >= 0.6 is 0 Å². The molecule has 7 heteroatoms. The van der Waals surface area contributed by atoms with Gasteiger partial charge >= 0.3 is 12.1 Å². The minimum atomic E-state index is -1.32. The van der Waals surface area contributed by atoms with Gasteiger partial charge in [-0.3, -0.25) is 4.79 Å². The highest BCUT2D eigenvalue weighted by molar-refractivity contribution is 5.93. The van der Waals surface area contributed by atoms with Gasteiger partial charge in [-0.2, -0.15) is 0 Å². The lowest BCUT2D eigenvalue weighted by Gasteiger charge is -2.33. The fourth-order valence-corrected chi connectivity index (χ4v) is 3.96. The summed E-state index contributed by atoms with van der Waals surface area (Å²) in [6.07, 6.45) is -0.186. The normalized spacial score (nSPS) is 15.3. The van der Waals surface area contributed by atoms with Gasteiger partial charge in [-0.15, -0.1) is 0 Å². The maximum absolute atomic E-state index is 13.1. The summed E-state index contributed by atoms with van der Waals surface area (Å²) in [6, 6.07) is 14.7. The standard InChI is InChI=1S/C25H30N2O5/c1-16(26-23(30)32-24(2,3)4)21(28)27-25(22(29)31-5)14-17-10-6-8-12-19(17)20-13-9-7-11-18(20)15-25/h6-13,16H,14-15H2,1-5H3,(H,26,30)(H,27,28)/t16-/m0/s1. The van der Waals surface area contributed by atoms with Gasteiger partial charge in [0.1, 0.15) is 17.2 Å². The predicted octanol–water partition coefficient (Wildman–Crippen LogP) is 3.39. The molecule has 0 aliphatic heterocycles. The Labute approximate surface area is 188 Å². The van der Waals surface area contributed by atoms with Gasteiger partial charge in [-0.25, -0.2) is 9.59 Å². The van der Waals surface area contributed by atoms with Crippen molar-refractivity contribution in [1.29, 1.82) is 0 Å². The molecule has 2 aromatic carbocycles. The third kappa shape index (κ3) is 5.10. The van der Waals surface area contributed by atoms with Crippen molar-refractivity contribution in [1.82, 2.24) is 10.6 Å². The molecule has 2 aromatic rings. The lowest BCUT2D eigenvalue weighted by molar-refractivity contribution is -0.151. The fraction of sp³-hybridized carbons (Fsp3) is 0.400. The molecular weight excluding hydrogens is 408 g/mol. The summed E-state index contributed by atoms with van der Waals surface area (Å²) in [4.78, 5) is 38.3. The Hall–Kier alpha value is -3.35. The van der Waals surface area contributed by atoms with E-state index in [2.05, 4.69) is 10.6 Å². The molecule has 32 heavy (non-hydrogen) atoms. The first-order valence-corrected chi connectivity index (χ1v) is 10.6. The molecule has 2 amide bonds. The van der Waals surface area contributed by atoms with E-state index in [9.17, 15) is 14.4 Å². The van der Waals surface area contributed by atoms with Crippen molar-refractivity contribution in [3.63, 3.8) is 0 Å². The number of alkyl carbamates (subject to hydrolysis) is 1. The van der Waals surface area contributed by atoms with E-state index in [0.29, 0.717) is 0 Å². The van der Waals surface area contributed by atoms with Crippen molar-refractivity contribution in [2.75, 3.05) is 7.11 Å². The third-order valence-electron chi connectivity index (χ3n) is 5.37. The van der Waals surface area contributed by atoms with E-state index in [1.807, 2.05) is 48.5 Å². The first-order chi connectivity index (χ1) is 15.0. The highest BCUT2D eigenvalue weighted by Crippen LogP contribution is 2.36. The van der Waals surface area contributed by atoms with Crippen LogP contribution in [-0.4, -0.2) is 42.3 Å². The van der Waals surface area contributed by atoms with E-state index in [1.165, 1.54) is 7.11 Å². The number of fused-ring (bicyclic) bond motifs is 3. The van der Waals surface area contributed by atoms with Crippen LogP contribution in [0, 0.1) is 0 Å². The SMILES string of the molecule is COC(=O)C1(NC(=O)[C@H](C)NC(=O)OC(C)(C)C)Cc2ccccc2-c2ccccc2C1. The summed E-state index contributed by atoms with van der Waals surface area (Å²) in [6.45, 7) is 6.76. The number of rotatable bonds is 4. The van der Waals surface area contributed by atoms with Gasteiger partial charge in [-0.1, -0.05) is 48.5 Å². The molecule has 1 atom stereocenters. The van der Waals surface area contributed by atoms with Crippen LogP contribution in [0.3, 0.4) is 0 Å². The average molecular weight is 439 g/mol. The molecule has 1 aliphatic carbocycles. The lowest BCUT2D eigenvalue weighted by Crippen LogP contribution is -2.61. The average Bonchev–Trinajstić information content (AvgIpc) is 2.86. The summed E-state index contributed by atoms with van der Waals surface area (Å²) in [5.41, 5.74) is 1.87. The van der Waals surface area contributed by atoms with Crippen molar-refractivity contribution in [3.05, 3.63) is 59.7 Å². The fourth-order valence-electron chi connectivity index (χ4n) is 3.96. The number of carbonyl (C=O) groups excluding carboxylic acids is 3. The molecule has 170 valence electrons. The first kappa shape index (κ1) is 23.3. The van der Waals surface area contributed by atoms with Gasteiger partial charge < -0.3 is 20.1 Å². The molecule has 0 aromatic heterocycles. The topological polar surface area (TPSA) is 93.7 Å². The van der Waals surface area contributed by atoms with E-state index >= 15 is 0 Å². The number of carbonyl (C=O) groups is 3. The summed E-state index contributed by atoms with van der Waals surface area (Å²) in [7, 11) is 1.31. The number of nitrogens with one attached hydrogen (secondary N) is 2. The van der Waals surface area contributed by atoms with Crippen molar-refractivity contribution in [2.24, 2.45) is 0 Å². The second-order valence-corrected chi connectivity index (χ2v) is 9.10. The van der Waals surface area contributed by atoms with Crippen LogP contribution in [0.15, 0.2) is 48.5 Å². The Morgan fingerprint density at radius 1 is 0.938 bits per heavy atom. The molecule has 0 saturated carbocycles. The molecule has 0 unspecified atom stereocenters. The maximum atomic E-state index is 13.1. The quantitative estimate of drug-likeness (QED) is 0.714. The van der Waals surface area contributed by atoms with Crippen molar-refractivity contribution in [3.8, 4) is 11.1 Å².